The van der Waals surface area contributed by atoms with Crippen molar-refractivity contribution >= 4 is 34.8 Å². The zero-order chi connectivity index (χ0) is 15.2. The summed E-state index contributed by atoms with van der Waals surface area (Å²) in [5.41, 5.74) is 0.358. The Labute approximate surface area is 132 Å². The van der Waals surface area contributed by atoms with Gasteiger partial charge in [0, 0.05) is 4.88 Å². The number of carbonyl (C=O) groups is 2. The van der Waals surface area contributed by atoms with Gasteiger partial charge in [0.2, 0.25) is 5.91 Å². The van der Waals surface area contributed by atoms with Crippen LogP contribution in [-0.2, 0) is 11.3 Å². The molecule has 2 rings (SSSR count). The van der Waals surface area contributed by atoms with E-state index in [4.69, 9.17) is 11.6 Å². The smallest absolute Gasteiger partial charge is 0.253 e. The number of carbonyl (C=O) groups excluding carboxylic acids is 2. The predicted molar refractivity (Wildman–Crippen MR) is 84.5 cm³/mol. The molecule has 0 saturated carbocycles. The molecule has 0 spiro atoms. The highest BCUT2D eigenvalue weighted by Gasteiger charge is 2.17. The van der Waals surface area contributed by atoms with Gasteiger partial charge < -0.3 is 10.6 Å². The molecule has 2 aromatic rings. The lowest BCUT2D eigenvalue weighted by atomic mass is 10.2. The molecule has 0 saturated heterocycles. The van der Waals surface area contributed by atoms with Crippen molar-refractivity contribution in [2.75, 3.05) is 0 Å². The second-order valence-electron chi connectivity index (χ2n) is 4.47. The zero-order valence-corrected chi connectivity index (χ0v) is 13.0. The van der Waals surface area contributed by atoms with Gasteiger partial charge in [0.25, 0.3) is 5.91 Å². The van der Waals surface area contributed by atoms with E-state index in [9.17, 15) is 9.59 Å². The van der Waals surface area contributed by atoms with E-state index in [-0.39, 0.29) is 11.8 Å². The molecule has 0 aliphatic carbocycles. The molecule has 21 heavy (non-hydrogen) atoms. The summed E-state index contributed by atoms with van der Waals surface area (Å²) in [6.07, 6.45) is 0. The molecule has 110 valence electrons. The number of thiophene rings is 1. The average Bonchev–Trinajstić information content (AvgIpc) is 2.98. The molecular formula is C15H15ClN2O2S. The van der Waals surface area contributed by atoms with Crippen LogP contribution in [0.4, 0.5) is 0 Å². The van der Waals surface area contributed by atoms with Crippen molar-refractivity contribution in [1.29, 1.82) is 0 Å². The van der Waals surface area contributed by atoms with Gasteiger partial charge in [-0.05, 0) is 30.5 Å². The minimum Gasteiger partial charge on any atom is -0.349 e. The fourth-order valence-corrected chi connectivity index (χ4v) is 2.59. The SMILES string of the molecule is C[C@H](NC(=O)c1ccccc1Cl)C(=O)NCc1cccs1. The van der Waals surface area contributed by atoms with Gasteiger partial charge in [-0.1, -0.05) is 29.8 Å². The van der Waals surface area contributed by atoms with Crippen LogP contribution in [0.15, 0.2) is 41.8 Å². The van der Waals surface area contributed by atoms with Gasteiger partial charge in [-0.3, -0.25) is 9.59 Å². The topological polar surface area (TPSA) is 58.2 Å². The summed E-state index contributed by atoms with van der Waals surface area (Å²) in [4.78, 5) is 25.0. The highest BCUT2D eigenvalue weighted by molar-refractivity contribution is 7.09. The van der Waals surface area contributed by atoms with Crippen LogP contribution in [0, 0.1) is 0 Å². The number of halogens is 1. The van der Waals surface area contributed by atoms with Crippen LogP contribution in [0.2, 0.25) is 5.02 Å². The third-order valence-corrected chi connectivity index (χ3v) is 4.08. The van der Waals surface area contributed by atoms with Crippen LogP contribution < -0.4 is 10.6 Å². The summed E-state index contributed by atoms with van der Waals surface area (Å²) in [6.45, 7) is 2.10. The first kappa shape index (κ1) is 15.5. The van der Waals surface area contributed by atoms with Crippen molar-refractivity contribution in [3.8, 4) is 0 Å². The number of rotatable bonds is 5. The average molecular weight is 323 g/mol. The first-order valence-electron chi connectivity index (χ1n) is 6.43. The number of hydrogen-bond donors (Lipinski definition) is 2. The number of benzene rings is 1. The standard InChI is InChI=1S/C15H15ClN2O2S/c1-10(14(19)17-9-11-5-4-8-21-11)18-15(20)12-6-2-3-7-13(12)16/h2-8,10H,9H2,1H3,(H,17,19)(H,18,20)/t10-/m0/s1. The minimum absolute atomic E-state index is 0.233. The van der Waals surface area contributed by atoms with Crippen molar-refractivity contribution in [3.63, 3.8) is 0 Å². The van der Waals surface area contributed by atoms with Gasteiger partial charge in [0.1, 0.15) is 6.04 Å². The van der Waals surface area contributed by atoms with Gasteiger partial charge >= 0.3 is 0 Å². The molecule has 4 nitrogen and oxygen atoms in total. The van der Waals surface area contributed by atoms with Crippen LogP contribution in [-0.4, -0.2) is 17.9 Å². The first-order chi connectivity index (χ1) is 10.1. The van der Waals surface area contributed by atoms with E-state index >= 15 is 0 Å². The summed E-state index contributed by atoms with van der Waals surface area (Å²) in [6, 6.07) is 9.96. The maximum Gasteiger partial charge on any atom is 0.253 e. The maximum absolute atomic E-state index is 12.0. The van der Waals surface area contributed by atoms with Crippen LogP contribution >= 0.6 is 22.9 Å². The Morgan fingerprint density at radius 2 is 2.00 bits per heavy atom. The maximum atomic E-state index is 12.0. The lowest BCUT2D eigenvalue weighted by Crippen LogP contribution is -2.44. The first-order valence-corrected chi connectivity index (χ1v) is 7.69. The fraction of sp³-hybridized carbons (Fsp3) is 0.200. The van der Waals surface area contributed by atoms with E-state index in [0.717, 1.165) is 4.88 Å². The molecule has 0 aliphatic heterocycles. The highest BCUT2D eigenvalue weighted by Crippen LogP contribution is 2.14. The molecule has 0 unspecified atom stereocenters. The van der Waals surface area contributed by atoms with E-state index in [1.165, 1.54) is 0 Å². The van der Waals surface area contributed by atoms with E-state index in [1.807, 2.05) is 17.5 Å². The number of nitrogens with one attached hydrogen (secondary N) is 2. The Hall–Kier alpha value is -1.85. The summed E-state index contributed by atoms with van der Waals surface area (Å²) in [7, 11) is 0. The van der Waals surface area contributed by atoms with Crippen LogP contribution in [0.3, 0.4) is 0 Å². The van der Waals surface area contributed by atoms with Gasteiger partial charge in [0.05, 0.1) is 17.1 Å². The predicted octanol–water partition coefficient (Wildman–Crippen LogP) is 2.84. The fourth-order valence-electron chi connectivity index (χ4n) is 1.73. The Morgan fingerprint density at radius 3 is 2.67 bits per heavy atom. The summed E-state index contributed by atoms with van der Waals surface area (Å²) < 4.78 is 0. The molecule has 0 aliphatic rings. The third kappa shape index (κ3) is 4.31. The summed E-state index contributed by atoms with van der Waals surface area (Å²) in [5.74, 6) is -0.594. The van der Waals surface area contributed by atoms with Crippen molar-refractivity contribution < 1.29 is 9.59 Å². The molecule has 1 aromatic heterocycles. The Kier molecular flexibility index (Phi) is 5.36. The van der Waals surface area contributed by atoms with Gasteiger partial charge in [-0.25, -0.2) is 0 Å². The second-order valence-corrected chi connectivity index (χ2v) is 5.91. The van der Waals surface area contributed by atoms with Crippen molar-refractivity contribution in [2.24, 2.45) is 0 Å². The van der Waals surface area contributed by atoms with Crippen LogP contribution in [0.25, 0.3) is 0 Å². The van der Waals surface area contributed by atoms with Crippen LogP contribution in [0.5, 0.6) is 0 Å². The Balaban J connectivity index is 1.88. The molecule has 0 radical (unpaired) electrons. The van der Waals surface area contributed by atoms with Gasteiger partial charge in [-0.2, -0.15) is 0 Å². The quantitative estimate of drug-likeness (QED) is 0.889. The molecule has 6 heteroatoms. The third-order valence-electron chi connectivity index (χ3n) is 2.88. The highest BCUT2D eigenvalue weighted by atomic mass is 35.5. The summed E-state index contributed by atoms with van der Waals surface area (Å²) in [5, 5.41) is 7.73. The molecule has 1 heterocycles. The van der Waals surface area contributed by atoms with E-state index < -0.39 is 6.04 Å². The Morgan fingerprint density at radius 1 is 1.24 bits per heavy atom. The van der Waals surface area contributed by atoms with Gasteiger partial charge in [-0.15, -0.1) is 11.3 Å². The Bertz CT molecular complexity index is 628. The van der Waals surface area contributed by atoms with E-state index in [1.54, 1.807) is 42.5 Å². The van der Waals surface area contributed by atoms with E-state index in [0.29, 0.717) is 17.1 Å². The number of hydrogen-bond acceptors (Lipinski definition) is 3. The molecule has 1 atom stereocenters. The second kappa shape index (κ2) is 7.24. The monoisotopic (exact) mass is 322 g/mol. The summed E-state index contributed by atoms with van der Waals surface area (Å²) >= 11 is 7.52. The van der Waals surface area contributed by atoms with Crippen molar-refractivity contribution in [1.82, 2.24) is 10.6 Å². The lowest BCUT2D eigenvalue weighted by Gasteiger charge is -2.14. The lowest BCUT2D eigenvalue weighted by molar-refractivity contribution is -0.122. The molecule has 0 bridgehead atoms. The molecule has 2 N–H and O–H groups in total. The molecule has 0 fully saturated rings. The molecule has 1 aromatic carbocycles. The largest absolute Gasteiger partial charge is 0.349 e. The zero-order valence-electron chi connectivity index (χ0n) is 11.4. The van der Waals surface area contributed by atoms with Crippen LogP contribution in [0.1, 0.15) is 22.2 Å². The number of amides is 2. The normalized spacial score (nSPS) is 11.7. The molecule has 2 amide bonds. The van der Waals surface area contributed by atoms with Crippen molar-refractivity contribution in [3.05, 3.63) is 57.2 Å². The van der Waals surface area contributed by atoms with Gasteiger partial charge in [0.15, 0.2) is 0 Å². The molecular weight excluding hydrogens is 308 g/mol. The minimum atomic E-state index is -0.631. The van der Waals surface area contributed by atoms with E-state index in [2.05, 4.69) is 10.6 Å². The van der Waals surface area contributed by atoms with Crippen molar-refractivity contribution in [2.45, 2.75) is 19.5 Å².